The van der Waals surface area contributed by atoms with Gasteiger partial charge >= 0.3 is 0 Å². The molecule has 0 spiro atoms. The molecule has 7 nitrogen and oxygen atoms in total. The van der Waals surface area contributed by atoms with Crippen molar-refractivity contribution in [2.45, 2.75) is 26.4 Å². The Kier molecular flexibility index (Phi) is 4.17. The number of nitrogen functional groups attached to an aromatic ring is 1. The molecule has 0 aliphatic carbocycles. The number of nitrogens with one attached hydrogen (secondary N) is 1. The van der Waals surface area contributed by atoms with Crippen molar-refractivity contribution in [3.05, 3.63) is 30.4 Å². The van der Waals surface area contributed by atoms with Gasteiger partial charge in [0, 0.05) is 25.5 Å². The fourth-order valence-electron chi connectivity index (χ4n) is 1.88. The summed E-state index contributed by atoms with van der Waals surface area (Å²) in [5.74, 6) is -0.120. The molecule has 0 radical (unpaired) electrons. The molecule has 3 N–H and O–H groups in total. The third-order valence-electron chi connectivity index (χ3n) is 2.71. The van der Waals surface area contributed by atoms with Crippen LogP contribution >= 0.6 is 0 Å². The molecular formula is C12H18N6O. The fourth-order valence-corrected chi connectivity index (χ4v) is 1.88. The van der Waals surface area contributed by atoms with E-state index in [1.807, 2.05) is 4.57 Å². The highest BCUT2D eigenvalue weighted by atomic mass is 16.1. The second-order valence-electron chi connectivity index (χ2n) is 4.27. The first-order valence-corrected chi connectivity index (χ1v) is 6.28. The van der Waals surface area contributed by atoms with Gasteiger partial charge in [0.1, 0.15) is 5.69 Å². The van der Waals surface area contributed by atoms with E-state index >= 15 is 0 Å². The summed E-state index contributed by atoms with van der Waals surface area (Å²) < 4.78 is 3.54. The molecule has 0 fully saturated rings. The number of carbonyl (C=O) groups is 1. The smallest absolute Gasteiger partial charge is 0.268 e. The van der Waals surface area contributed by atoms with Crippen LogP contribution in [0.3, 0.4) is 0 Å². The monoisotopic (exact) mass is 262 g/mol. The van der Waals surface area contributed by atoms with Gasteiger partial charge in [-0.2, -0.15) is 0 Å². The van der Waals surface area contributed by atoms with Crippen LogP contribution < -0.4 is 11.1 Å². The molecule has 0 bridgehead atoms. The summed E-state index contributed by atoms with van der Waals surface area (Å²) in [6.45, 7) is 3.93. The molecule has 2 rings (SSSR count). The zero-order valence-corrected chi connectivity index (χ0v) is 10.9. The Bertz CT molecular complexity index is 530. The highest BCUT2D eigenvalue weighted by molar-refractivity contribution is 5.93. The van der Waals surface area contributed by atoms with Crippen molar-refractivity contribution in [2.75, 3.05) is 12.3 Å². The van der Waals surface area contributed by atoms with Gasteiger partial charge in [0.05, 0.1) is 18.4 Å². The number of nitrogens with zero attached hydrogens (tertiary/aromatic N) is 4. The molecular weight excluding hydrogens is 244 g/mol. The average Bonchev–Trinajstić information content (AvgIpc) is 2.99. The van der Waals surface area contributed by atoms with Crippen molar-refractivity contribution in [3.8, 4) is 0 Å². The molecule has 7 heteroatoms. The van der Waals surface area contributed by atoms with Crippen molar-refractivity contribution < 1.29 is 4.79 Å². The molecule has 0 aliphatic rings. The first-order valence-electron chi connectivity index (χ1n) is 6.28. The second-order valence-corrected chi connectivity index (χ2v) is 4.27. The van der Waals surface area contributed by atoms with Crippen molar-refractivity contribution in [3.63, 3.8) is 0 Å². The van der Waals surface area contributed by atoms with Gasteiger partial charge in [-0.3, -0.25) is 9.48 Å². The summed E-state index contributed by atoms with van der Waals surface area (Å²) in [7, 11) is 0. The molecule has 0 aromatic carbocycles. The largest absolute Gasteiger partial charge is 0.397 e. The summed E-state index contributed by atoms with van der Waals surface area (Å²) in [5.41, 5.74) is 6.93. The number of rotatable bonds is 6. The predicted molar refractivity (Wildman–Crippen MR) is 71.5 cm³/mol. The van der Waals surface area contributed by atoms with Crippen LogP contribution in [0.15, 0.2) is 24.7 Å². The molecule has 0 atom stereocenters. The van der Waals surface area contributed by atoms with Crippen LogP contribution in [0.2, 0.25) is 0 Å². The first-order chi connectivity index (χ1) is 9.20. The lowest BCUT2D eigenvalue weighted by atomic mass is 10.3. The molecule has 2 heterocycles. The summed E-state index contributed by atoms with van der Waals surface area (Å²) >= 11 is 0. The maximum absolute atomic E-state index is 12.0. The summed E-state index contributed by atoms with van der Waals surface area (Å²) in [4.78, 5) is 12.0. The fraction of sp³-hybridized carbons (Fsp3) is 0.417. The van der Waals surface area contributed by atoms with Gasteiger partial charge in [0.15, 0.2) is 0 Å². The molecule has 2 aromatic rings. The molecule has 19 heavy (non-hydrogen) atoms. The lowest BCUT2D eigenvalue weighted by molar-refractivity contribution is 0.0942. The topological polar surface area (TPSA) is 90.8 Å². The van der Waals surface area contributed by atoms with Gasteiger partial charge in [0.2, 0.25) is 0 Å². The van der Waals surface area contributed by atoms with Gasteiger partial charge in [-0.15, -0.1) is 5.10 Å². The number of anilines is 1. The summed E-state index contributed by atoms with van der Waals surface area (Å²) in [5, 5.41) is 10.4. The third kappa shape index (κ3) is 3.34. The van der Waals surface area contributed by atoms with Crippen molar-refractivity contribution >= 4 is 11.6 Å². The standard InChI is InChI=1S/C12H18N6O/c1-2-5-17-9-10(13)8-11(17)12(19)14-3-6-18-7-4-15-16-18/h4,7-9H,2-3,5-6,13H2,1H3,(H,14,19). The third-order valence-corrected chi connectivity index (χ3v) is 2.71. The van der Waals surface area contributed by atoms with E-state index in [9.17, 15) is 4.79 Å². The predicted octanol–water partition coefficient (Wildman–Crippen LogP) is 0.502. The minimum atomic E-state index is -0.120. The number of carbonyl (C=O) groups excluding carboxylic acids is 1. The second kappa shape index (κ2) is 6.03. The Morgan fingerprint density at radius 1 is 1.47 bits per heavy atom. The van der Waals surface area contributed by atoms with Crippen molar-refractivity contribution in [1.82, 2.24) is 24.9 Å². The number of aromatic nitrogens is 4. The minimum absolute atomic E-state index is 0.120. The molecule has 102 valence electrons. The van der Waals surface area contributed by atoms with E-state index in [1.165, 1.54) is 0 Å². The van der Waals surface area contributed by atoms with Crippen LogP contribution in [0, 0.1) is 0 Å². The minimum Gasteiger partial charge on any atom is -0.397 e. The molecule has 2 aromatic heterocycles. The quantitative estimate of drug-likeness (QED) is 0.793. The maximum Gasteiger partial charge on any atom is 0.268 e. The number of hydrogen-bond donors (Lipinski definition) is 2. The van der Waals surface area contributed by atoms with Gasteiger partial charge in [-0.25, -0.2) is 0 Å². The highest BCUT2D eigenvalue weighted by Crippen LogP contribution is 2.11. The molecule has 0 saturated heterocycles. The lowest BCUT2D eigenvalue weighted by Crippen LogP contribution is -2.29. The molecule has 1 amide bonds. The van der Waals surface area contributed by atoms with Gasteiger partial charge in [-0.05, 0) is 12.5 Å². The van der Waals surface area contributed by atoms with Crippen molar-refractivity contribution in [1.29, 1.82) is 0 Å². The highest BCUT2D eigenvalue weighted by Gasteiger charge is 2.11. The Labute approximate surface area is 111 Å². The normalized spacial score (nSPS) is 10.6. The van der Waals surface area contributed by atoms with Gasteiger partial charge in [-0.1, -0.05) is 12.1 Å². The Morgan fingerprint density at radius 2 is 2.32 bits per heavy atom. The van der Waals surface area contributed by atoms with Crippen LogP contribution in [0.4, 0.5) is 5.69 Å². The van der Waals surface area contributed by atoms with Crippen LogP contribution in [0.1, 0.15) is 23.8 Å². The Morgan fingerprint density at radius 3 is 3.00 bits per heavy atom. The van der Waals surface area contributed by atoms with E-state index in [-0.39, 0.29) is 5.91 Å². The van der Waals surface area contributed by atoms with Crippen molar-refractivity contribution in [2.24, 2.45) is 0 Å². The zero-order chi connectivity index (χ0) is 13.7. The Hall–Kier alpha value is -2.31. The SMILES string of the molecule is CCCn1cc(N)cc1C(=O)NCCn1ccnn1. The maximum atomic E-state index is 12.0. The van der Waals surface area contributed by atoms with E-state index in [0.717, 1.165) is 13.0 Å². The molecule has 0 unspecified atom stereocenters. The molecule has 0 saturated carbocycles. The van der Waals surface area contributed by atoms with E-state index in [0.29, 0.717) is 24.5 Å². The number of nitrogens with two attached hydrogens (primary N) is 1. The average molecular weight is 262 g/mol. The first kappa shape index (κ1) is 13.1. The summed E-state index contributed by atoms with van der Waals surface area (Å²) in [6, 6.07) is 1.69. The number of aryl methyl sites for hydroxylation is 1. The molecule has 0 aliphatic heterocycles. The van der Waals surface area contributed by atoms with Gasteiger partial charge < -0.3 is 15.6 Å². The zero-order valence-electron chi connectivity index (χ0n) is 10.9. The lowest BCUT2D eigenvalue weighted by Gasteiger charge is -2.08. The van der Waals surface area contributed by atoms with E-state index in [2.05, 4.69) is 22.6 Å². The summed E-state index contributed by atoms with van der Waals surface area (Å²) in [6.07, 6.45) is 6.10. The van der Waals surface area contributed by atoms with Crippen LogP contribution in [0.25, 0.3) is 0 Å². The Balaban J connectivity index is 1.92. The van der Waals surface area contributed by atoms with Crippen LogP contribution in [-0.4, -0.2) is 32.0 Å². The number of amides is 1. The van der Waals surface area contributed by atoms with Crippen LogP contribution in [-0.2, 0) is 13.1 Å². The van der Waals surface area contributed by atoms with E-state index < -0.39 is 0 Å². The van der Waals surface area contributed by atoms with Crippen LogP contribution in [0.5, 0.6) is 0 Å². The van der Waals surface area contributed by atoms with E-state index in [4.69, 9.17) is 5.73 Å². The van der Waals surface area contributed by atoms with Gasteiger partial charge in [0.25, 0.3) is 5.91 Å². The number of hydrogen-bond acceptors (Lipinski definition) is 4. The van der Waals surface area contributed by atoms with E-state index in [1.54, 1.807) is 29.3 Å².